The van der Waals surface area contributed by atoms with Crippen LogP contribution < -0.4 is 10.2 Å². The molecule has 3 unspecified atom stereocenters. The molecule has 0 saturated heterocycles. The Hall–Kier alpha value is -1.09. The molecule has 1 aliphatic carbocycles. The van der Waals surface area contributed by atoms with Gasteiger partial charge in [0.05, 0.1) is 0 Å². The smallest absolute Gasteiger partial charge is 0.123 e. The summed E-state index contributed by atoms with van der Waals surface area (Å²) in [6.45, 7) is 8.42. The Kier molecular flexibility index (Phi) is 4.46. The summed E-state index contributed by atoms with van der Waals surface area (Å²) >= 11 is 0. The number of nitrogens with one attached hydrogen (secondary N) is 1. The van der Waals surface area contributed by atoms with E-state index < -0.39 is 0 Å². The monoisotopic (exact) mass is 264 g/mol. The van der Waals surface area contributed by atoms with Gasteiger partial charge in [0.15, 0.2) is 0 Å². The lowest BCUT2D eigenvalue weighted by atomic mass is 10.0. The molecule has 1 aromatic carbocycles. The molecule has 0 spiro atoms. The summed E-state index contributed by atoms with van der Waals surface area (Å²) in [6.07, 6.45) is 1.32. The van der Waals surface area contributed by atoms with Gasteiger partial charge >= 0.3 is 0 Å². The van der Waals surface area contributed by atoms with Crippen molar-refractivity contribution in [3.05, 3.63) is 29.6 Å². The van der Waals surface area contributed by atoms with E-state index in [4.69, 9.17) is 0 Å². The van der Waals surface area contributed by atoms with Gasteiger partial charge in [-0.25, -0.2) is 4.39 Å². The summed E-state index contributed by atoms with van der Waals surface area (Å²) in [5.74, 6) is 1.49. The summed E-state index contributed by atoms with van der Waals surface area (Å²) in [4.78, 5) is 2.27. The fourth-order valence-electron chi connectivity index (χ4n) is 2.74. The van der Waals surface area contributed by atoms with Crippen LogP contribution in [0.3, 0.4) is 0 Å². The molecule has 3 heteroatoms. The zero-order valence-electron chi connectivity index (χ0n) is 12.4. The second kappa shape index (κ2) is 5.91. The highest BCUT2D eigenvalue weighted by Crippen LogP contribution is 2.39. The first kappa shape index (κ1) is 14.3. The van der Waals surface area contributed by atoms with Crippen LogP contribution in [0, 0.1) is 17.7 Å². The molecule has 0 bridgehead atoms. The second-order valence-corrected chi connectivity index (χ2v) is 5.84. The first-order valence-electron chi connectivity index (χ1n) is 7.26. The molecule has 2 rings (SSSR count). The lowest BCUT2D eigenvalue weighted by Gasteiger charge is -2.25. The van der Waals surface area contributed by atoms with E-state index in [2.05, 4.69) is 38.0 Å². The molecule has 0 radical (unpaired) electrons. The molecule has 2 nitrogen and oxygen atoms in total. The Labute approximate surface area is 116 Å². The van der Waals surface area contributed by atoms with Crippen molar-refractivity contribution in [2.45, 2.75) is 33.2 Å². The van der Waals surface area contributed by atoms with Crippen LogP contribution in [-0.2, 0) is 0 Å². The fourth-order valence-corrected chi connectivity index (χ4v) is 2.74. The number of nitrogens with zero attached hydrogens (tertiary/aromatic N) is 1. The van der Waals surface area contributed by atoms with Crippen molar-refractivity contribution in [2.75, 3.05) is 25.0 Å². The maximum Gasteiger partial charge on any atom is 0.123 e. The van der Waals surface area contributed by atoms with E-state index in [1.54, 1.807) is 12.1 Å². The summed E-state index contributed by atoms with van der Waals surface area (Å²) in [5, 5.41) is 3.37. The van der Waals surface area contributed by atoms with Crippen LogP contribution in [-0.4, -0.2) is 20.1 Å². The van der Waals surface area contributed by atoms with E-state index in [9.17, 15) is 4.39 Å². The first-order chi connectivity index (χ1) is 9.02. The van der Waals surface area contributed by atoms with Gasteiger partial charge in [-0.15, -0.1) is 0 Å². The van der Waals surface area contributed by atoms with Crippen molar-refractivity contribution >= 4 is 5.69 Å². The van der Waals surface area contributed by atoms with Crippen molar-refractivity contribution in [1.82, 2.24) is 5.32 Å². The largest absolute Gasteiger partial charge is 0.374 e. The average Bonchev–Trinajstić information content (AvgIpc) is 3.04. The highest BCUT2D eigenvalue weighted by atomic mass is 19.1. The van der Waals surface area contributed by atoms with Crippen molar-refractivity contribution in [3.8, 4) is 0 Å². The van der Waals surface area contributed by atoms with Gasteiger partial charge < -0.3 is 10.2 Å². The highest BCUT2D eigenvalue weighted by molar-refractivity contribution is 5.54. The van der Waals surface area contributed by atoms with Crippen LogP contribution >= 0.6 is 0 Å². The molecule has 0 aromatic heterocycles. The Morgan fingerprint density at radius 3 is 2.74 bits per heavy atom. The lowest BCUT2D eigenvalue weighted by Crippen LogP contribution is -2.25. The number of rotatable bonds is 6. The van der Waals surface area contributed by atoms with Crippen LogP contribution in [0.1, 0.15) is 38.8 Å². The van der Waals surface area contributed by atoms with E-state index in [0.717, 1.165) is 36.2 Å². The van der Waals surface area contributed by atoms with E-state index in [-0.39, 0.29) is 11.9 Å². The average molecular weight is 264 g/mol. The predicted octanol–water partition coefficient (Wildman–Crippen LogP) is 3.59. The van der Waals surface area contributed by atoms with Crippen molar-refractivity contribution in [1.29, 1.82) is 0 Å². The van der Waals surface area contributed by atoms with Gasteiger partial charge in [-0.05, 0) is 55.5 Å². The molecule has 106 valence electrons. The lowest BCUT2D eigenvalue weighted by molar-refractivity contribution is 0.580. The Morgan fingerprint density at radius 1 is 1.47 bits per heavy atom. The molecule has 3 atom stereocenters. The number of anilines is 1. The second-order valence-electron chi connectivity index (χ2n) is 5.84. The van der Waals surface area contributed by atoms with Crippen molar-refractivity contribution < 1.29 is 4.39 Å². The van der Waals surface area contributed by atoms with Crippen LogP contribution in [0.4, 0.5) is 10.1 Å². The van der Waals surface area contributed by atoms with E-state index >= 15 is 0 Å². The number of benzene rings is 1. The maximum absolute atomic E-state index is 13.5. The zero-order chi connectivity index (χ0) is 14.0. The van der Waals surface area contributed by atoms with E-state index in [1.165, 1.54) is 6.42 Å². The summed E-state index contributed by atoms with van der Waals surface area (Å²) in [5.41, 5.74) is 2.20. The predicted molar refractivity (Wildman–Crippen MR) is 79.0 cm³/mol. The molecule has 0 amide bonds. The van der Waals surface area contributed by atoms with E-state index in [0.29, 0.717) is 0 Å². The third-order valence-electron chi connectivity index (χ3n) is 4.16. The van der Waals surface area contributed by atoms with Gasteiger partial charge in [-0.3, -0.25) is 0 Å². The molecule has 1 fully saturated rings. The quantitative estimate of drug-likeness (QED) is 0.844. The Bertz CT molecular complexity index is 433. The molecule has 0 heterocycles. The Morgan fingerprint density at radius 2 is 2.16 bits per heavy atom. The minimum Gasteiger partial charge on any atom is -0.374 e. The first-order valence-corrected chi connectivity index (χ1v) is 7.26. The zero-order valence-corrected chi connectivity index (χ0v) is 12.4. The van der Waals surface area contributed by atoms with Crippen LogP contribution in [0.15, 0.2) is 18.2 Å². The highest BCUT2D eigenvalue weighted by Gasteiger charge is 2.33. The van der Waals surface area contributed by atoms with Gasteiger partial charge in [0.2, 0.25) is 0 Å². The normalized spacial score (nSPS) is 23.2. The molecular formula is C16H25FN2. The van der Waals surface area contributed by atoms with Crippen molar-refractivity contribution in [3.63, 3.8) is 0 Å². The van der Waals surface area contributed by atoms with Gasteiger partial charge in [0.25, 0.3) is 0 Å². The third kappa shape index (κ3) is 3.47. The maximum atomic E-state index is 13.5. The van der Waals surface area contributed by atoms with Crippen molar-refractivity contribution in [2.24, 2.45) is 11.8 Å². The minimum absolute atomic E-state index is 0.156. The SMILES string of the molecule is CCNC(C)c1cc(F)ccc1N(C)CC1CC1C. The van der Waals surface area contributed by atoms with E-state index in [1.807, 2.05) is 6.07 Å². The summed E-state index contributed by atoms with van der Waals surface area (Å²) < 4.78 is 13.5. The number of halogens is 1. The minimum atomic E-state index is -0.156. The topological polar surface area (TPSA) is 15.3 Å². The third-order valence-corrected chi connectivity index (χ3v) is 4.16. The standard InChI is InChI=1S/C16H25FN2/c1-5-18-12(3)15-9-14(17)6-7-16(15)19(4)10-13-8-11(13)2/h6-7,9,11-13,18H,5,8,10H2,1-4H3. The molecule has 0 aliphatic heterocycles. The van der Waals surface area contributed by atoms with Crippen LogP contribution in [0.5, 0.6) is 0 Å². The van der Waals surface area contributed by atoms with Crippen LogP contribution in [0.25, 0.3) is 0 Å². The van der Waals surface area contributed by atoms with Crippen LogP contribution in [0.2, 0.25) is 0 Å². The molecule has 19 heavy (non-hydrogen) atoms. The molecule has 1 aromatic rings. The van der Waals surface area contributed by atoms with Gasteiger partial charge in [0.1, 0.15) is 5.82 Å². The van der Waals surface area contributed by atoms with Gasteiger partial charge in [-0.2, -0.15) is 0 Å². The molecule has 1 N–H and O–H groups in total. The number of hydrogen-bond acceptors (Lipinski definition) is 2. The van der Waals surface area contributed by atoms with Gasteiger partial charge in [0, 0.05) is 25.3 Å². The molecule has 1 aliphatic rings. The Balaban J connectivity index is 2.17. The summed E-state index contributed by atoms with van der Waals surface area (Å²) in [6, 6.07) is 5.31. The molecular weight excluding hydrogens is 239 g/mol. The number of hydrogen-bond donors (Lipinski definition) is 1. The fraction of sp³-hybridized carbons (Fsp3) is 0.625. The summed E-state index contributed by atoms with van der Waals surface area (Å²) in [7, 11) is 2.11. The molecule has 1 saturated carbocycles. The van der Waals surface area contributed by atoms with Gasteiger partial charge in [-0.1, -0.05) is 13.8 Å².